The fourth-order valence-corrected chi connectivity index (χ4v) is 2.55. The molecule has 1 saturated carbocycles. The number of nitrogens with zero attached hydrogens (tertiary/aromatic N) is 2. The first-order valence-electron chi connectivity index (χ1n) is 5.38. The quantitative estimate of drug-likeness (QED) is 0.514. The van der Waals surface area contributed by atoms with E-state index in [9.17, 15) is 5.11 Å². The number of rotatable bonds is 0. The lowest BCUT2D eigenvalue weighted by molar-refractivity contribution is 0.101. The SMILES string of the molecule is ON=C1CCCC2(O)C1=Nc1ccccc12. The van der Waals surface area contributed by atoms with Gasteiger partial charge in [-0.3, -0.25) is 0 Å². The first-order chi connectivity index (χ1) is 7.75. The maximum absolute atomic E-state index is 10.6. The zero-order valence-corrected chi connectivity index (χ0v) is 8.72. The molecule has 3 rings (SSSR count). The predicted octanol–water partition coefficient (Wildman–Crippen LogP) is 1.97. The van der Waals surface area contributed by atoms with Crippen molar-refractivity contribution >= 4 is 17.1 Å². The standard InChI is InChI=1S/C12H12N2O2/c15-12-7-3-6-10(14-16)11(12)13-9-5-2-1-4-8(9)12/h1-2,4-5,15-16H,3,6-7H2. The van der Waals surface area contributed by atoms with E-state index in [1.54, 1.807) is 0 Å². The first kappa shape index (κ1) is 9.54. The Hall–Kier alpha value is -1.68. The van der Waals surface area contributed by atoms with Crippen molar-refractivity contribution in [2.75, 3.05) is 0 Å². The lowest BCUT2D eigenvalue weighted by Crippen LogP contribution is -2.41. The van der Waals surface area contributed by atoms with E-state index < -0.39 is 5.60 Å². The largest absolute Gasteiger partial charge is 0.411 e. The van der Waals surface area contributed by atoms with Gasteiger partial charge in [0.15, 0.2) is 0 Å². The van der Waals surface area contributed by atoms with Gasteiger partial charge in [0.05, 0.1) is 5.69 Å². The summed E-state index contributed by atoms with van der Waals surface area (Å²) in [5.41, 5.74) is 1.58. The van der Waals surface area contributed by atoms with Crippen molar-refractivity contribution in [3.63, 3.8) is 0 Å². The molecule has 1 aromatic carbocycles. The van der Waals surface area contributed by atoms with Crippen LogP contribution in [0.5, 0.6) is 0 Å². The summed E-state index contributed by atoms with van der Waals surface area (Å²) in [5, 5.41) is 22.8. The average molecular weight is 216 g/mol. The Bertz CT molecular complexity index is 507. The van der Waals surface area contributed by atoms with Crippen LogP contribution in [0.15, 0.2) is 34.4 Å². The van der Waals surface area contributed by atoms with Gasteiger partial charge in [-0.05, 0) is 25.3 Å². The van der Waals surface area contributed by atoms with Crippen LogP contribution in [0.25, 0.3) is 0 Å². The number of fused-ring (bicyclic) bond motifs is 3. The molecule has 1 aromatic rings. The second-order valence-electron chi connectivity index (χ2n) is 4.24. The average Bonchev–Trinajstić information content (AvgIpc) is 2.62. The van der Waals surface area contributed by atoms with Crippen molar-refractivity contribution in [2.24, 2.45) is 10.1 Å². The third-order valence-electron chi connectivity index (χ3n) is 3.32. The van der Waals surface area contributed by atoms with Crippen LogP contribution in [-0.4, -0.2) is 21.7 Å². The maximum atomic E-state index is 10.6. The van der Waals surface area contributed by atoms with Gasteiger partial charge in [-0.15, -0.1) is 0 Å². The van der Waals surface area contributed by atoms with Crippen molar-refractivity contribution < 1.29 is 10.3 Å². The lowest BCUT2D eigenvalue weighted by atomic mass is 9.78. The molecular weight excluding hydrogens is 204 g/mol. The highest BCUT2D eigenvalue weighted by Crippen LogP contribution is 2.44. The number of hydrogen-bond acceptors (Lipinski definition) is 4. The fraction of sp³-hybridized carbons (Fsp3) is 0.333. The van der Waals surface area contributed by atoms with Gasteiger partial charge in [-0.25, -0.2) is 4.99 Å². The summed E-state index contributed by atoms with van der Waals surface area (Å²) in [4.78, 5) is 4.37. The molecule has 1 aliphatic carbocycles. The van der Waals surface area contributed by atoms with Gasteiger partial charge in [0.25, 0.3) is 0 Å². The van der Waals surface area contributed by atoms with E-state index in [4.69, 9.17) is 5.21 Å². The van der Waals surface area contributed by atoms with Crippen LogP contribution in [0.4, 0.5) is 5.69 Å². The van der Waals surface area contributed by atoms with Crippen LogP contribution < -0.4 is 0 Å². The van der Waals surface area contributed by atoms with Crippen LogP contribution in [0, 0.1) is 0 Å². The minimum absolute atomic E-state index is 0.505. The van der Waals surface area contributed by atoms with E-state index in [0.29, 0.717) is 24.3 Å². The molecular formula is C12H12N2O2. The number of hydrogen-bond donors (Lipinski definition) is 2. The van der Waals surface area contributed by atoms with Gasteiger partial charge in [0.1, 0.15) is 17.0 Å². The molecule has 1 atom stereocenters. The van der Waals surface area contributed by atoms with Crippen LogP contribution >= 0.6 is 0 Å². The summed E-state index contributed by atoms with van der Waals surface area (Å²) in [6, 6.07) is 7.53. The molecule has 0 amide bonds. The summed E-state index contributed by atoms with van der Waals surface area (Å²) < 4.78 is 0. The Morgan fingerprint density at radius 3 is 2.94 bits per heavy atom. The summed E-state index contributed by atoms with van der Waals surface area (Å²) in [5.74, 6) is 0. The van der Waals surface area contributed by atoms with E-state index in [0.717, 1.165) is 17.7 Å². The Kier molecular flexibility index (Phi) is 1.88. The van der Waals surface area contributed by atoms with Crippen molar-refractivity contribution in [2.45, 2.75) is 24.9 Å². The number of aliphatic hydroxyl groups is 1. The number of aliphatic imine (C=N–C) groups is 1. The topological polar surface area (TPSA) is 65.2 Å². The molecule has 82 valence electrons. The van der Waals surface area contributed by atoms with Crippen molar-refractivity contribution in [3.8, 4) is 0 Å². The van der Waals surface area contributed by atoms with E-state index >= 15 is 0 Å². The highest BCUT2D eigenvalue weighted by molar-refractivity contribution is 6.47. The van der Waals surface area contributed by atoms with Crippen LogP contribution in [0.1, 0.15) is 24.8 Å². The molecule has 1 fully saturated rings. The van der Waals surface area contributed by atoms with Gasteiger partial charge >= 0.3 is 0 Å². The monoisotopic (exact) mass is 216 g/mol. The number of benzene rings is 1. The Morgan fingerprint density at radius 1 is 1.31 bits per heavy atom. The predicted molar refractivity (Wildman–Crippen MR) is 60.5 cm³/mol. The minimum atomic E-state index is -1.05. The van der Waals surface area contributed by atoms with Crippen LogP contribution in [-0.2, 0) is 5.60 Å². The smallest absolute Gasteiger partial charge is 0.135 e. The molecule has 0 radical (unpaired) electrons. The Balaban J connectivity index is 2.20. The highest BCUT2D eigenvalue weighted by Gasteiger charge is 2.46. The molecule has 2 N–H and O–H groups in total. The molecule has 1 aliphatic heterocycles. The third-order valence-corrected chi connectivity index (χ3v) is 3.32. The summed E-state index contributed by atoms with van der Waals surface area (Å²) in [7, 11) is 0. The van der Waals surface area contributed by atoms with Gasteiger partial charge in [0.2, 0.25) is 0 Å². The van der Waals surface area contributed by atoms with Gasteiger partial charge in [-0.1, -0.05) is 23.4 Å². The zero-order valence-electron chi connectivity index (χ0n) is 8.72. The van der Waals surface area contributed by atoms with E-state index in [2.05, 4.69) is 10.1 Å². The lowest BCUT2D eigenvalue weighted by Gasteiger charge is -2.30. The normalized spacial score (nSPS) is 29.8. The molecule has 0 aromatic heterocycles. The summed E-state index contributed by atoms with van der Waals surface area (Å²) in [6.45, 7) is 0. The first-order valence-corrected chi connectivity index (χ1v) is 5.38. The second-order valence-corrected chi connectivity index (χ2v) is 4.24. The van der Waals surface area contributed by atoms with E-state index in [-0.39, 0.29) is 0 Å². The molecule has 0 spiro atoms. The highest BCUT2D eigenvalue weighted by atomic mass is 16.4. The van der Waals surface area contributed by atoms with Crippen molar-refractivity contribution in [3.05, 3.63) is 29.8 Å². The summed E-state index contributed by atoms with van der Waals surface area (Å²) >= 11 is 0. The molecule has 0 saturated heterocycles. The van der Waals surface area contributed by atoms with E-state index in [1.807, 2.05) is 24.3 Å². The molecule has 4 nitrogen and oxygen atoms in total. The van der Waals surface area contributed by atoms with Crippen molar-refractivity contribution in [1.29, 1.82) is 0 Å². The Labute approximate surface area is 92.9 Å². The molecule has 16 heavy (non-hydrogen) atoms. The maximum Gasteiger partial charge on any atom is 0.135 e. The molecule has 1 heterocycles. The molecule has 0 bridgehead atoms. The van der Waals surface area contributed by atoms with E-state index in [1.165, 1.54) is 0 Å². The third kappa shape index (κ3) is 1.08. The molecule has 4 heteroatoms. The van der Waals surface area contributed by atoms with Gasteiger partial charge in [0, 0.05) is 5.56 Å². The Morgan fingerprint density at radius 2 is 2.12 bits per heavy atom. The molecule has 1 unspecified atom stereocenters. The summed E-state index contributed by atoms with van der Waals surface area (Å²) in [6.07, 6.45) is 2.12. The fourth-order valence-electron chi connectivity index (χ4n) is 2.55. The van der Waals surface area contributed by atoms with Crippen LogP contribution in [0.2, 0.25) is 0 Å². The van der Waals surface area contributed by atoms with Crippen LogP contribution in [0.3, 0.4) is 0 Å². The number of oxime groups is 1. The zero-order chi connectivity index (χ0) is 11.2. The van der Waals surface area contributed by atoms with Gasteiger partial charge in [-0.2, -0.15) is 0 Å². The second kappa shape index (κ2) is 3.15. The van der Waals surface area contributed by atoms with Crippen molar-refractivity contribution in [1.82, 2.24) is 0 Å². The number of para-hydroxylation sites is 1. The molecule has 2 aliphatic rings. The minimum Gasteiger partial charge on any atom is -0.411 e. The van der Waals surface area contributed by atoms with Gasteiger partial charge < -0.3 is 10.3 Å².